The van der Waals surface area contributed by atoms with Crippen LogP contribution < -0.4 is 0 Å². The zero-order valence-corrected chi connectivity index (χ0v) is 30.9. The van der Waals surface area contributed by atoms with Crippen LogP contribution >= 0.6 is 30.6 Å². The highest BCUT2D eigenvalue weighted by Crippen LogP contribution is 2.71. The van der Waals surface area contributed by atoms with E-state index in [0.717, 1.165) is 0 Å². The van der Waals surface area contributed by atoms with E-state index in [1.807, 2.05) is 0 Å². The van der Waals surface area contributed by atoms with Crippen LogP contribution in [0.5, 0.6) is 0 Å². The monoisotopic (exact) mass is 612 g/mol. The molecule has 6 heteroatoms. The normalized spacial score (nSPS) is 16.6. The topological polar surface area (TPSA) is 0 Å². The van der Waals surface area contributed by atoms with Crippen LogP contribution in [0.1, 0.15) is 125 Å². The zero-order valence-electron chi connectivity index (χ0n) is 23.8. The van der Waals surface area contributed by atoms with E-state index in [4.69, 9.17) is 0 Å². The summed E-state index contributed by atoms with van der Waals surface area (Å²) in [6.07, 6.45) is 0. The van der Waals surface area contributed by atoms with Crippen molar-refractivity contribution < 1.29 is 0 Å². The van der Waals surface area contributed by atoms with E-state index in [9.17, 15) is 0 Å². The van der Waals surface area contributed by atoms with E-state index in [1.54, 1.807) is 0 Å². The average molecular weight is 615 g/mol. The third-order valence-corrected chi connectivity index (χ3v) is 80.5. The third-order valence-electron chi connectivity index (χ3n) is 7.69. The van der Waals surface area contributed by atoms with Gasteiger partial charge < -0.3 is 0 Å². The predicted octanol–water partition coefficient (Wildman–Crippen LogP) is 10.7. The molecule has 0 unspecified atom stereocenters. The van der Waals surface area contributed by atoms with Gasteiger partial charge in [-0.25, -0.2) is 0 Å². The van der Waals surface area contributed by atoms with Crippen LogP contribution in [0.25, 0.3) is 0 Å². The highest BCUT2D eigenvalue weighted by molar-refractivity contribution is 9.51. The molecule has 0 heterocycles. The Labute approximate surface area is 212 Å². The first-order chi connectivity index (χ1) is 12.6. The molecule has 0 rings (SSSR count). The summed E-state index contributed by atoms with van der Waals surface area (Å²) in [6, 6.07) is 0. The average Bonchev–Trinajstić information content (AvgIpc) is 2.26. The van der Waals surface area contributed by atoms with Gasteiger partial charge in [-0.2, -0.15) is 0 Å². The Morgan fingerprint density at radius 3 is 0.567 bits per heavy atom. The van der Waals surface area contributed by atoms with Gasteiger partial charge in [0.25, 0.3) is 0 Å². The van der Waals surface area contributed by atoms with E-state index >= 15 is 0 Å². The molecule has 0 aromatic heterocycles. The summed E-state index contributed by atoms with van der Waals surface area (Å²) in [5.41, 5.74) is -0.830. The van der Waals surface area contributed by atoms with Gasteiger partial charge in [-0.3, -0.25) is 0 Å². The molecule has 0 aromatic carbocycles. The highest BCUT2D eigenvalue weighted by Gasteiger charge is 2.76. The Morgan fingerprint density at radius 1 is 0.367 bits per heavy atom. The molecule has 0 atom stereocenters. The van der Waals surface area contributed by atoms with E-state index in [1.165, 1.54) is 0 Å². The molecule has 0 N–H and O–H groups in total. The zero-order chi connectivity index (χ0) is 25.2. The Hall–Kier alpha value is 1.83. The molecule has 0 bridgehead atoms. The number of hydrogen-bond acceptors (Lipinski definition) is 0. The summed E-state index contributed by atoms with van der Waals surface area (Å²) in [5.74, 6) is 0. The lowest BCUT2D eigenvalue weighted by molar-refractivity contribution is 0.544. The lowest BCUT2D eigenvalue weighted by Gasteiger charge is -2.73. The van der Waals surface area contributed by atoms with Gasteiger partial charge in [0.05, 0.1) is 22.5 Å². The SMILES string of the molecule is CC(C)(C)[Si]([Si]([Si](Br)Br)[Si](C(C)(C)C)(C(C)(C)C)C(C)(C)C)(C(C)(C)C)C(C)(C)C. The molecule has 180 valence electrons. The molecule has 0 aliphatic rings. The summed E-state index contributed by atoms with van der Waals surface area (Å²) in [5, 5.41) is 1.97. The molecule has 30 heavy (non-hydrogen) atoms. The molecular formula is C24H54Br2Si4. The Kier molecular flexibility index (Phi) is 9.34. The maximum Gasteiger partial charge on any atom is 0.195 e. The van der Waals surface area contributed by atoms with Gasteiger partial charge in [0.15, 0.2) is 5.55 Å². The first-order valence-electron chi connectivity index (χ1n) is 11.6. The number of halogens is 2. The van der Waals surface area contributed by atoms with E-state index in [-0.39, 0.29) is 0 Å². The van der Waals surface area contributed by atoms with Crippen molar-refractivity contribution in [2.75, 3.05) is 0 Å². The Morgan fingerprint density at radius 2 is 0.500 bits per heavy atom. The maximum absolute atomic E-state index is 4.40. The maximum atomic E-state index is 4.40. The smallest absolute Gasteiger partial charge is 0.117 e. The quantitative estimate of drug-likeness (QED) is 0.219. The van der Waals surface area contributed by atoms with Crippen LogP contribution in [0.3, 0.4) is 0 Å². The van der Waals surface area contributed by atoms with Crippen molar-refractivity contribution in [1.29, 1.82) is 0 Å². The van der Waals surface area contributed by atoms with Crippen LogP contribution in [0.15, 0.2) is 0 Å². The Balaban J connectivity index is 8.29. The first kappa shape index (κ1) is 31.8. The molecule has 0 amide bonds. The van der Waals surface area contributed by atoms with Crippen molar-refractivity contribution in [2.45, 2.75) is 155 Å². The van der Waals surface area contributed by atoms with Gasteiger partial charge in [0, 0.05) is 0 Å². The third kappa shape index (κ3) is 4.80. The van der Waals surface area contributed by atoms with Crippen molar-refractivity contribution in [3.63, 3.8) is 0 Å². The second-order valence-corrected chi connectivity index (χ2v) is 56.2. The molecule has 0 nitrogen and oxygen atoms in total. The minimum atomic E-state index is -1.94. The molecule has 0 spiro atoms. The van der Waals surface area contributed by atoms with Gasteiger partial charge in [0.1, 0.15) is 0 Å². The van der Waals surface area contributed by atoms with Gasteiger partial charge in [0.2, 0.25) is 0 Å². The van der Waals surface area contributed by atoms with Crippen LogP contribution in [0.2, 0.25) is 30.2 Å². The molecular weight excluding hydrogens is 560 g/mol. The molecule has 0 fully saturated rings. The standard InChI is InChI=1S/C24H54Br2Si4/c1-19(2,3)29(20(4,5)6,21(7,8)9)28(27(25)26)30(22(10,11)12,23(13,14)15)24(16,17)18/h1-18H3. The molecule has 0 aliphatic heterocycles. The second-order valence-electron chi connectivity index (χ2n) is 15.6. The van der Waals surface area contributed by atoms with E-state index in [2.05, 4.69) is 155 Å². The fourth-order valence-electron chi connectivity index (χ4n) is 9.56. The van der Waals surface area contributed by atoms with Crippen molar-refractivity contribution in [3.05, 3.63) is 0 Å². The van der Waals surface area contributed by atoms with Crippen LogP contribution in [-0.2, 0) is 0 Å². The van der Waals surface area contributed by atoms with Crippen LogP contribution in [0, 0.1) is 0 Å². The van der Waals surface area contributed by atoms with Crippen molar-refractivity contribution in [3.8, 4) is 0 Å². The molecule has 0 aliphatic carbocycles. The molecule has 0 saturated heterocycles. The minimum Gasteiger partial charge on any atom is -0.117 e. The summed E-state index contributed by atoms with van der Waals surface area (Å²) >= 11 is 8.80. The first-order valence-corrected chi connectivity index (χ1v) is 26.1. The molecule has 2 radical (unpaired) electrons. The lowest BCUT2D eigenvalue weighted by atomic mass is 10.2. The molecule has 0 saturated carbocycles. The molecule has 0 aromatic rings. The van der Waals surface area contributed by atoms with Crippen molar-refractivity contribution in [2.24, 2.45) is 0 Å². The largest absolute Gasteiger partial charge is 0.195 e. The second kappa shape index (κ2) is 8.80. The highest BCUT2D eigenvalue weighted by atomic mass is 79.9. The van der Waals surface area contributed by atoms with Crippen molar-refractivity contribution >= 4 is 58.7 Å². The lowest BCUT2D eigenvalue weighted by Crippen LogP contribution is -2.85. The van der Waals surface area contributed by atoms with E-state index < -0.39 is 28.1 Å². The van der Waals surface area contributed by atoms with Gasteiger partial charge in [-0.1, -0.05) is 125 Å². The Bertz CT molecular complexity index is 464. The number of hydrogen-bond donors (Lipinski definition) is 0. The summed E-state index contributed by atoms with van der Waals surface area (Å²) in [7, 11) is -4.67. The van der Waals surface area contributed by atoms with E-state index in [0.29, 0.717) is 30.2 Å². The summed E-state index contributed by atoms with van der Waals surface area (Å²) in [6.45, 7) is 47.0. The summed E-state index contributed by atoms with van der Waals surface area (Å²) < 4.78 is 0. The minimum absolute atomic E-state index is 0.329. The number of rotatable bonds is 3. The van der Waals surface area contributed by atoms with Gasteiger partial charge >= 0.3 is 0 Å². The summed E-state index contributed by atoms with van der Waals surface area (Å²) in [4.78, 5) is 0. The fraction of sp³-hybridized carbons (Fsp3) is 1.00. The fourth-order valence-corrected chi connectivity index (χ4v) is 128. The van der Waals surface area contributed by atoms with Crippen molar-refractivity contribution in [1.82, 2.24) is 0 Å². The van der Waals surface area contributed by atoms with Crippen LogP contribution in [0.4, 0.5) is 0 Å². The van der Waals surface area contributed by atoms with Gasteiger partial charge in [-0.15, -0.1) is 30.6 Å². The van der Waals surface area contributed by atoms with Crippen LogP contribution in [-0.4, -0.2) is 28.1 Å². The van der Waals surface area contributed by atoms with Gasteiger partial charge in [-0.05, 0) is 30.2 Å². The predicted molar refractivity (Wildman–Crippen MR) is 159 cm³/mol.